The highest BCUT2D eigenvalue weighted by Crippen LogP contribution is 2.11. The molecule has 0 spiro atoms. The van der Waals surface area contributed by atoms with Gasteiger partial charge >= 0.3 is 0 Å². The van der Waals surface area contributed by atoms with Gasteiger partial charge in [0.1, 0.15) is 0 Å². The lowest BCUT2D eigenvalue weighted by molar-refractivity contribution is 0.477. The van der Waals surface area contributed by atoms with E-state index in [1.165, 1.54) is 16.0 Å². The van der Waals surface area contributed by atoms with Gasteiger partial charge in [0.25, 0.3) is 0 Å². The van der Waals surface area contributed by atoms with Crippen LogP contribution in [0.4, 0.5) is 0 Å². The number of nitrogens with zero attached hydrogens (tertiary/aromatic N) is 3. The van der Waals surface area contributed by atoms with E-state index in [1.54, 1.807) is 11.3 Å². The second-order valence-corrected chi connectivity index (χ2v) is 7.01. The van der Waals surface area contributed by atoms with Crippen LogP contribution in [0, 0.1) is 13.8 Å². The van der Waals surface area contributed by atoms with Crippen LogP contribution in [0.15, 0.2) is 35.5 Å². The topological polar surface area (TPSA) is 40.5 Å². The Hall–Kier alpha value is -1.88. The summed E-state index contributed by atoms with van der Waals surface area (Å²) in [5.41, 5.74) is 2.58. The van der Waals surface area contributed by atoms with Crippen molar-refractivity contribution in [1.29, 1.82) is 0 Å². The maximum absolute atomic E-state index is 4.73. The van der Waals surface area contributed by atoms with Gasteiger partial charge < -0.3 is 10.2 Å². The molecule has 0 aliphatic heterocycles. The Morgan fingerprint density at radius 1 is 1.26 bits per heavy atom. The van der Waals surface area contributed by atoms with Crippen molar-refractivity contribution in [1.82, 2.24) is 15.2 Å². The van der Waals surface area contributed by atoms with Crippen molar-refractivity contribution in [3.63, 3.8) is 0 Å². The number of nitrogens with one attached hydrogen (secondary N) is 1. The van der Waals surface area contributed by atoms with Gasteiger partial charge in [-0.15, -0.1) is 11.3 Å². The van der Waals surface area contributed by atoms with E-state index in [9.17, 15) is 0 Å². The summed E-state index contributed by atoms with van der Waals surface area (Å²) in [4.78, 5) is 12.5. The normalized spacial score (nSPS) is 11.6. The number of thiazole rings is 1. The number of hydrogen-bond acceptors (Lipinski definition) is 3. The fourth-order valence-electron chi connectivity index (χ4n) is 2.29. The number of aryl methyl sites for hydroxylation is 2. The molecule has 0 atom stereocenters. The highest BCUT2D eigenvalue weighted by molar-refractivity contribution is 7.11. The second-order valence-electron chi connectivity index (χ2n) is 5.69. The van der Waals surface area contributed by atoms with Crippen LogP contribution in [-0.4, -0.2) is 36.0 Å². The summed E-state index contributed by atoms with van der Waals surface area (Å²) in [5, 5.41) is 4.52. The molecule has 0 aliphatic rings. The van der Waals surface area contributed by atoms with Crippen LogP contribution < -0.4 is 5.32 Å². The first-order valence-corrected chi connectivity index (χ1v) is 8.86. The molecule has 1 aromatic heterocycles. The predicted octanol–water partition coefficient (Wildman–Crippen LogP) is 3.40. The van der Waals surface area contributed by atoms with Crippen molar-refractivity contribution in [3.8, 4) is 0 Å². The summed E-state index contributed by atoms with van der Waals surface area (Å²) < 4.78 is 0. The van der Waals surface area contributed by atoms with Crippen LogP contribution >= 0.6 is 11.3 Å². The van der Waals surface area contributed by atoms with Crippen LogP contribution in [0.1, 0.15) is 27.9 Å². The van der Waals surface area contributed by atoms with Crippen LogP contribution in [0.25, 0.3) is 0 Å². The first-order chi connectivity index (χ1) is 11.1. The molecule has 0 unspecified atom stereocenters. The van der Waals surface area contributed by atoms with Crippen molar-refractivity contribution in [2.45, 2.75) is 33.7 Å². The van der Waals surface area contributed by atoms with Gasteiger partial charge in [0.2, 0.25) is 0 Å². The van der Waals surface area contributed by atoms with E-state index in [-0.39, 0.29) is 0 Å². The van der Waals surface area contributed by atoms with Crippen molar-refractivity contribution in [2.24, 2.45) is 4.99 Å². The maximum atomic E-state index is 4.73. The summed E-state index contributed by atoms with van der Waals surface area (Å²) in [5.74, 6) is 0.946. The molecule has 0 saturated carbocycles. The monoisotopic (exact) mass is 330 g/mol. The molecule has 1 aromatic carbocycles. The van der Waals surface area contributed by atoms with Crippen LogP contribution in [0.2, 0.25) is 0 Å². The van der Waals surface area contributed by atoms with E-state index in [0.29, 0.717) is 0 Å². The van der Waals surface area contributed by atoms with Crippen molar-refractivity contribution in [3.05, 3.63) is 51.5 Å². The predicted molar refractivity (Wildman–Crippen MR) is 99.2 cm³/mol. The van der Waals surface area contributed by atoms with Crippen LogP contribution in [0.3, 0.4) is 0 Å². The minimum Gasteiger partial charge on any atom is -0.357 e. The Kier molecular flexibility index (Phi) is 6.59. The number of guanidine groups is 1. The Labute approximate surface area is 143 Å². The van der Waals surface area contributed by atoms with Crippen molar-refractivity contribution < 1.29 is 0 Å². The molecular weight excluding hydrogens is 304 g/mol. The summed E-state index contributed by atoms with van der Waals surface area (Å²) in [7, 11) is 2.08. The average Bonchev–Trinajstić information content (AvgIpc) is 2.94. The number of benzene rings is 1. The highest BCUT2D eigenvalue weighted by atomic mass is 32.1. The molecule has 4 nitrogen and oxygen atoms in total. The molecule has 0 bridgehead atoms. The zero-order valence-electron chi connectivity index (χ0n) is 14.5. The Morgan fingerprint density at radius 2 is 2.00 bits per heavy atom. The van der Waals surface area contributed by atoms with E-state index >= 15 is 0 Å². The van der Waals surface area contributed by atoms with Gasteiger partial charge in [-0.05, 0) is 26.3 Å². The zero-order valence-corrected chi connectivity index (χ0v) is 15.3. The van der Waals surface area contributed by atoms with E-state index < -0.39 is 0 Å². The van der Waals surface area contributed by atoms with Gasteiger partial charge in [-0.2, -0.15) is 0 Å². The summed E-state index contributed by atoms with van der Waals surface area (Å²) in [6, 6.07) is 8.65. The zero-order chi connectivity index (χ0) is 16.7. The van der Waals surface area contributed by atoms with Crippen molar-refractivity contribution in [2.75, 3.05) is 20.1 Å². The molecule has 23 heavy (non-hydrogen) atoms. The summed E-state index contributed by atoms with van der Waals surface area (Å²) in [6.45, 7) is 8.77. The smallest absolute Gasteiger partial charge is 0.193 e. The first kappa shape index (κ1) is 17.5. The molecule has 0 saturated heterocycles. The maximum Gasteiger partial charge on any atom is 0.193 e. The van der Waals surface area contributed by atoms with Crippen LogP contribution in [-0.2, 0) is 13.0 Å². The number of aromatic nitrogens is 1. The van der Waals surface area contributed by atoms with E-state index in [1.807, 2.05) is 6.20 Å². The Balaban J connectivity index is 1.95. The van der Waals surface area contributed by atoms with Gasteiger partial charge in [-0.1, -0.05) is 29.8 Å². The lowest BCUT2D eigenvalue weighted by atomic mass is 10.1. The van der Waals surface area contributed by atoms with E-state index in [0.717, 1.165) is 37.0 Å². The van der Waals surface area contributed by atoms with Crippen LogP contribution in [0.5, 0.6) is 0 Å². The van der Waals surface area contributed by atoms with Gasteiger partial charge in [0.15, 0.2) is 5.96 Å². The second kappa shape index (κ2) is 8.67. The number of aliphatic imine (C=N–C) groups is 1. The molecule has 5 heteroatoms. The standard InChI is InChI=1S/C18H26N4S/c1-5-19-18(20-11-10-17-21-12-15(3)23-17)22(4)13-16-8-6-14(2)7-9-16/h6-9,12H,5,10-11,13H2,1-4H3,(H,19,20). The third-order valence-corrected chi connectivity index (χ3v) is 4.47. The Bertz CT molecular complexity index is 631. The lowest BCUT2D eigenvalue weighted by Gasteiger charge is -2.22. The Morgan fingerprint density at radius 3 is 2.61 bits per heavy atom. The molecule has 2 rings (SSSR count). The van der Waals surface area contributed by atoms with Gasteiger partial charge in [0.05, 0.1) is 5.01 Å². The molecule has 0 radical (unpaired) electrons. The highest BCUT2D eigenvalue weighted by Gasteiger charge is 2.06. The fourth-order valence-corrected chi connectivity index (χ4v) is 3.06. The third kappa shape index (κ3) is 5.67. The molecule has 2 aromatic rings. The molecule has 1 N–H and O–H groups in total. The lowest BCUT2D eigenvalue weighted by Crippen LogP contribution is -2.38. The summed E-state index contributed by atoms with van der Waals surface area (Å²) >= 11 is 1.75. The third-order valence-electron chi connectivity index (χ3n) is 3.49. The average molecular weight is 331 g/mol. The van der Waals surface area contributed by atoms with Crippen molar-refractivity contribution >= 4 is 17.3 Å². The quantitative estimate of drug-likeness (QED) is 0.652. The first-order valence-electron chi connectivity index (χ1n) is 8.04. The summed E-state index contributed by atoms with van der Waals surface area (Å²) in [6.07, 6.45) is 2.82. The molecule has 124 valence electrons. The van der Waals surface area contributed by atoms with E-state index in [2.05, 4.69) is 67.3 Å². The minimum atomic E-state index is 0.757. The molecule has 0 amide bonds. The molecule has 0 aliphatic carbocycles. The SMILES string of the molecule is CCNC(=NCCc1ncc(C)s1)N(C)Cc1ccc(C)cc1. The van der Waals surface area contributed by atoms with Gasteiger partial charge in [-0.25, -0.2) is 4.98 Å². The molecular formula is C18H26N4S. The van der Waals surface area contributed by atoms with Gasteiger partial charge in [0, 0.05) is 44.2 Å². The molecule has 1 heterocycles. The largest absolute Gasteiger partial charge is 0.357 e. The fraction of sp³-hybridized carbons (Fsp3) is 0.444. The minimum absolute atomic E-state index is 0.757. The number of hydrogen-bond donors (Lipinski definition) is 1. The number of rotatable bonds is 6. The molecule has 0 fully saturated rings. The van der Waals surface area contributed by atoms with E-state index in [4.69, 9.17) is 4.99 Å². The van der Waals surface area contributed by atoms with Gasteiger partial charge in [-0.3, -0.25) is 4.99 Å².